The number of alkyl halides is 3. The number of nitrogens with one attached hydrogen (secondary N) is 2. The number of hydrogen-bond donors (Lipinski definition) is 2. The average molecular weight is 347 g/mol. The van der Waals surface area contributed by atoms with Gasteiger partial charge < -0.3 is 20.1 Å². The van der Waals surface area contributed by atoms with E-state index in [0.717, 1.165) is 5.56 Å². The van der Waals surface area contributed by atoms with Gasteiger partial charge in [-0.15, -0.1) is 13.2 Å². The Labute approximate surface area is 140 Å². The van der Waals surface area contributed by atoms with Gasteiger partial charge in [-0.05, 0) is 38.0 Å². The third-order valence-electron chi connectivity index (χ3n) is 3.32. The summed E-state index contributed by atoms with van der Waals surface area (Å²) in [5.74, 6) is 0.413. The maximum Gasteiger partial charge on any atom is 0.573 e. The predicted octanol–water partition coefficient (Wildman–Crippen LogP) is 2.72. The van der Waals surface area contributed by atoms with Crippen molar-refractivity contribution in [1.82, 2.24) is 10.6 Å². The Balaban J connectivity index is 2.40. The summed E-state index contributed by atoms with van der Waals surface area (Å²) in [6.07, 6.45) is -4.03. The van der Waals surface area contributed by atoms with E-state index in [4.69, 9.17) is 4.74 Å². The third kappa shape index (κ3) is 8.05. The number of ether oxygens (including phenoxy) is 2. The predicted molar refractivity (Wildman–Crippen MR) is 87.3 cm³/mol. The van der Waals surface area contributed by atoms with E-state index in [-0.39, 0.29) is 11.4 Å². The molecule has 24 heavy (non-hydrogen) atoms. The van der Waals surface area contributed by atoms with Crippen LogP contribution in [0.3, 0.4) is 0 Å². The molecular weight excluding hydrogens is 323 g/mol. The van der Waals surface area contributed by atoms with Crippen LogP contribution >= 0.6 is 0 Å². The number of nitrogens with zero attached hydrogens (tertiary/aromatic N) is 1. The van der Waals surface area contributed by atoms with Crippen molar-refractivity contribution in [1.29, 1.82) is 0 Å². The van der Waals surface area contributed by atoms with Crippen molar-refractivity contribution < 1.29 is 22.6 Å². The lowest BCUT2D eigenvalue weighted by Gasteiger charge is -2.24. The first-order valence-electron chi connectivity index (χ1n) is 7.49. The molecule has 8 heteroatoms. The normalized spacial score (nSPS) is 12.9. The summed E-state index contributed by atoms with van der Waals surface area (Å²) in [5, 5.41) is 6.29. The maximum atomic E-state index is 12.1. The molecule has 136 valence electrons. The first-order valence-corrected chi connectivity index (χ1v) is 7.49. The number of hydrogen-bond acceptors (Lipinski definition) is 3. The molecule has 0 aromatic heterocycles. The zero-order chi connectivity index (χ0) is 18.2. The van der Waals surface area contributed by atoms with Crippen LogP contribution in [0.4, 0.5) is 13.2 Å². The molecule has 0 amide bonds. The fourth-order valence-electron chi connectivity index (χ4n) is 1.77. The molecule has 5 nitrogen and oxygen atoms in total. The van der Waals surface area contributed by atoms with Crippen molar-refractivity contribution in [3.05, 3.63) is 29.8 Å². The van der Waals surface area contributed by atoms with Crippen LogP contribution in [0.2, 0.25) is 0 Å². The minimum absolute atomic E-state index is 0.224. The molecule has 0 atom stereocenters. The fourth-order valence-corrected chi connectivity index (χ4v) is 1.77. The minimum Gasteiger partial charge on any atom is -0.406 e. The van der Waals surface area contributed by atoms with Gasteiger partial charge in [-0.2, -0.15) is 0 Å². The molecule has 0 aliphatic rings. The van der Waals surface area contributed by atoms with E-state index in [1.807, 2.05) is 13.8 Å². The quantitative estimate of drug-likeness (QED) is 0.588. The SMILES string of the molecule is CN=C(NCCc1ccc(OC(F)(F)F)cc1)NCC(C)(C)OC. The molecule has 0 bridgehead atoms. The van der Waals surface area contributed by atoms with E-state index in [1.165, 1.54) is 12.1 Å². The van der Waals surface area contributed by atoms with Gasteiger partial charge in [0, 0.05) is 27.2 Å². The monoisotopic (exact) mass is 347 g/mol. The Hall–Kier alpha value is -1.96. The number of halogens is 3. The van der Waals surface area contributed by atoms with Gasteiger partial charge in [0.15, 0.2) is 5.96 Å². The summed E-state index contributed by atoms with van der Waals surface area (Å²) >= 11 is 0. The summed E-state index contributed by atoms with van der Waals surface area (Å²) < 4.78 is 45.4. The number of methoxy groups -OCH3 is 1. The van der Waals surface area contributed by atoms with Crippen LogP contribution in [0.25, 0.3) is 0 Å². The summed E-state index contributed by atoms with van der Waals surface area (Å²) in [7, 11) is 3.31. The molecule has 2 N–H and O–H groups in total. The maximum absolute atomic E-state index is 12.1. The molecule has 0 spiro atoms. The highest BCUT2D eigenvalue weighted by atomic mass is 19.4. The summed E-state index contributed by atoms with van der Waals surface area (Å²) in [5.41, 5.74) is 0.580. The van der Waals surface area contributed by atoms with Crippen molar-refractivity contribution >= 4 is 5.96 Å². The second-order valence-electron chi connectivity index (χ2n) is 5.76. The zero-order valence-corrected chi connectivity index (χ0v) is 14.3. The van der Waals surface area contributed by atoms with Gasteiger partial charge in [-0.25, -0.2) is 0 Å². The molecule has 0 aliphatic carbocycles. The Morgan fingerprint density at radius 2 is 1.75 bits per heavy atom. The summed E-state index contributed by atoms with van der Waals surface area (Å²) in [6, 6.07) is 5.81. The molecule has 0 fully saturated rings. The highest BCUT2D eigenvalue weighted by Gasteiger charge is 2.30. The largest absolute Gasteiger partial charge is 0.573 e. The van der Waals surface area contributed by atoms with Crippen molar-refractivity contribution in [2.24, 2.45) is 4.99 Å². The van der Waals surface area contributed by atoms with Crippen molar-refractivity contribution in [3.8, 4) is 5.75 Å². The van der Waals surface area contributed by atoms with Gasteiger partial charge in [0.05, 0.1) is 5.60 Å². The van der Waals surface area contributed by atoms with Gasteiger partial charge >= 0.3 is 6.36 Å². The minimum atomic E-state index is -4.67. The van der Waals surface area contributed by atoms with Gasteiger partial charge in [-0.1, -0.05) is 12.1 Å². The van der Waals surface area contributed by atoms with E-state index in [2.05, 4.69) is 20.4 Å². The van der Waals surface area contributed by atoms with Crippen LogP contribution in [0.1, 0.15) is 19.4 Å². The molecule has 0 unspecified atom stereocenters. The fraction of sp³-hybridized carbons (Fsp3) is 0.562. The molecule has 0 radical (unpaired) electrons. The van der Waals surface area contributed by atoms with Crippen LogP contribution in [-0.2, 0) is 11.2 Å². The second-order valence-corrected chi connectivity index (χ2v) is 5.76. The average Bonchev–Trinajstić information content (AvgIpc) is 2.51. The van der Waals surface area contributed by atoms with Crippen molar-refractivity contribution in [2.75, 3.05) is 27.2 Å². The molecular formula is C16H24F3N3O2. The van der Waals surface area contributed by atoms with E-state index in [0.29, 0.717) is 25.5 Å². The lowest BCUT2D eigenvalue weighted by Crippen LogP contribution is -2.45. The van der Waals surface area contributed by atoms with Crippen LogP contribution in [-0.4, -0.2) is 45.2 Å². The van der Waals surface area contributed by atoms with Crippen LogP contribution in [0.15, 0.2) is 29.3 Å². The number of rotatable bonds is 7. The molecule has 1 aromatic carbocycles. The molecule has 0 saturated heterocycles. The van der Waals surface area contributed by atoms with E-state index in [1.54, 1.807) is 26.3 Å². The topological polar surface area (TPSA) is 54.9 Å². The molecule has 0 saturated carbocycles. The number of benzene rings is 1. The van der Waals surface area contributed by atoms with E-state index >= 15 is 0 Å². The number of guanidine groups is 1. The van der Waals surface area contributed by atoms with Crippen LogP contribution in [0, 0.1) is 0 Å². The molecule has 1 aromatic rings. The highest BCUT2D eigenvalue weighted by molar-refractivity contribution is 5.79. The highest BCUT2D eigenvalue weighted by Crippen LogP contribution is 2.22. The van der Waals surface area contributed by atoms with Crippen LogP contribution in [0.5, 0.6) is 5.75 Å². The Kier molecular flexibility index (Phi) is 7.34. The van der Waals surface area contributed by atoms with Gasteiger partial charge in [0.25, 0.3) is 0 Å². The molecule has 1 rings (SSSR count). The smallest absolute Gasteiger partial charge is 0.406 e. The lowest BCUT2D eigenvalue weighted by molar-refractivity contribution is -0.274. The summed E-state index contributed by atoms with van der Waals surface area (Å²) in [4.78, 5) is 4.10. The standard InChI is InChI=1S/C16H24F3N3O2/c1-15(2,23-4)11-22-14(20-3)21-10-9-12-5-7-13(8-6-12)24-16(17,18)19/h5-8H,9-11H2,1-4H3,(H2,20,21,22). The second kappa shape index (κ2) is 8.77. The zero-order valence-electron chi connectivity index (χ0n) is 14.3. The van der Waals surface area contributed by atoms with Gasteiger partial charge in [0.1, 0.15) is 5.75 Å². The summed E-state index contributed by atoms with van der Waals surface area (Å²) in [6.45, 7) is 5.09. The lowest BCUT2D eigenvalue weighted by atomic mass is 10.1. The first kappa shape index (κ1) is 20.1. The van der Waals surface area contributed by atoms with Crippen LogP contribution < -0.4 is 15.4 Å². The Morgan fingerprint density at radius 1 is 1.12 bits per heavy atom. The molecule has 0 heterocycles. The van der Waals surface area contributed by atoms with Crippen molar-refractivity contribution in [3.63, 3.8) is 0 Å². The number of aliphatic imine (C=N–C) groups is 1. The van der Waals surface area contributed by atoms with E-state index < -0.39 is 6.36 Å². The third-order valence-corrected chi connectivity index (χ3v) is 3.32. The van der Waals surface area contributed by atoms with Gasteiger partial charge in [0.2, 0.25) is 0 Å². The Bertz CT molecular complexity index is 528. The van der Waals surface area contributed by atoms with Gasteiger partial charge in [-0.3, -0.25) is 4.99 Å². The molecule has 0 aliphatic heterocycles. The van der Waals surface area contributed by atoms with E-state index in [9.17, 15) is 13.2 Å². The Morgan fingerprint density at radius 3 is 2.25 bits per heavy atom. The van der Waals surface area contributed by atoms with Crippen molar-refractivity contribution in [2.45, 2.75) is 32.2 Å². The first-order chi connectivity index (χ1) is 11.1.